The van der Waals surface area contributed by atoms with E-state index < -0.39 is 0 Å². The molecule has 0 radical (unpaired) electrons. The highest BCUT2D eigenvalue weighted by atomic mass is 15.2. The Hall–Kier alpha value is -2.94. The van der Waals surface area contributed by atoms with Gasteiger partial charge in [0.2, 0.25) is 0 Å². The third kappa shape index (κ3) is 5.99. The van der Waals surface area contributed by atoms with Gasteiger partial charge in [0.15, 0.2) is 0 Å². The van der Waals surface area contributed by atoms with Gasteiger partial charge >= 0.3 is 0 Å². The molecule has 1 fully saturated rings. The second-order valence-corrected chi connectivity index (χ2v) is 17.2. The molecule has 8 aliphatic rings. The highest BCUT2D eigenvalue weighted by molar-refractivity contribution is 5.60. The molecule has 0 saturated carbocycles. The van der Waals surface area contributed by atoms with Crippen LogP contribution in [0, 0.1) is 23.2 Å². The summed E-state index contributed by atoms with van der Waals surface area (Å²) in [6.07, 6.45) is 38.5. The van der Waals surface area contributed by atoms with Gasteiger partial charge in [0.05, 0.1) is 6.17 Å². The monoisotopic (exact) mass is 650 g/mol. The number of nitrogens with one attached hydrogen (secondary N) is 2. The van der Waals surface area contributed by atoms with Gasteiger partial charge in [-0.15, -0.1) is 0 Å². The molecule has 7 aliphatic carbocycles. The number of hydrogen-bond acceptors (Lipinski definition) is 2. The van der Waals surface area contributed by atoms with E-state index in [9.17, 15) is 0 Å². The topological polar surface area (TPSA) is 24.1 Å². The van der Waals surface area contributed by atoms with Crippen LogP contribution in [0.5, 0.6) is 0 Å². The SMILES string of the molecule is CC1(C)C2=C(C=CCC2)C2=C1CC(C1=CC3=C(C4=CC=C(C5CC(c6ccccc6)NC(C6C=CCCC6)N5)CC4)CCCC3CC1)CC2. The molecular formula is C47H58N2. The van der Waals surface area contributed by atoms with Crippen molar-refractivity contribution in [2.45, 2.75) is 135 Å². The molecule has 0 aromatic heterocycles. The van der Waals surface area contributed by atoms with Gasteiger partial charge in [-0.3, -0.25) is 10.6 Å². The molecule has 2 N–H and O–H groups in total. The number of allylic oxidation sites excluding steroid dienone is 14. The maximum absolute atomic E-state index is 4.12. The van der Waals surface area contributed by atoms with Gasteiger partial charge in [-0.1, -0.05) is 109 Å². The van der Waals surface area contributed by atoms with Crippen molar-refractivity contribution in [2.24, 2.45) is 23.2 Å². The summed E-state index contributed by atoms with van der Waals surface area (Å²) in [7, 11) is 0. The van der Waals surface area contributed by atoms with E-state index in [4.69, 9.17) is 0 Å². The van der Waals surface area contributed by atoms with Crippen molar-refractivity contribution in [3.05, 3.63) is 129 Å². The van der Waals surface area contributed by atoms with Crippen molar-refractivity contribution in [3.8, 4) is 0 Å². The van der Waals surface area contributed by atoms with Crippen LogP contribution in [0.25, 0.3) is 0 Å². The highest BCUT2D eigenvalue weighted by Crippen LogP contribution is 2.57. The Labute approximate surface area is 296 Å². The zero-order valence-corrected chi connectivity index (χ0v) is 30.2. The average molecular weight is 651 g/mol. The van der Waals surface area contributed by atoms with E-state index in [1.165, 1.54) is 102 Å². The van der Waals surface area contributed by atoms with Crippen LogP contribution in [0.1, 0.15) is 128 Å². The van der Waals surface area contributed by atoms with Crippen LogP contribution in [0.15, 0.2) is 123 Å². The molecule has 0 spiro atoms. The molecule has 2 heteroatoms. The Morgan fingerprint density at radius 2 is 1.57 bits per heavy atom. The van der Waals surface area contributed by atoms with Crippen molar-refractivity contribution < 1.29 is 0 Å². The lowest BCUT2D eigenvalue weighted by Gasteiger charge is -2.43. The van der Waals surface area contributed by atoms with Crippen LogP contribution in [-0.2, 0) is 0 Å². The Kier molecular flexibility index (Phi) is 8.69. The third-order valence-electron chi connectivity index (χ3n) is 14.1. The van der Waals surface area contributed by atoms with E-state index in [2.05, 4.69) is 97.3 Å². The number of rotatable bonds is 5. The van der Waals surface area contributed by atoms with Crippen LogP contribution in [0.3, 0.4) is 0 Å². The molecule has 1 saturated heterocycles. The average Bonchev–Trinajstić information content (AvgIpc) is 3.40. The summed E-state index contributed by atoms with van der Waals surface area (Å²) in [5.74, 6) is 2.09. The van der Waals surface area contributed by atoms with Gasteiger partial charge in [-0.05, 0) is 148 Å². The van der Waals surface area contributed by atoms with Crippen LogP contribution < -0.4 is 10.6 Å². The van der Waals surface area contributed by atoms with E-state index in [0.29, 0.717) is 24.2 Å². The Bertz CT molecular complexity index is 1720. The minimum absolute atomic E-state index is 0.259. The molecule has 6 unspecified atom stereocenters. The van der Waals surface area contributed by atoms with Gasteiger partial charge in [0, 0.05) is 23.4 Å². The summed E-state index contributed by atoms with van der Waals surface area (Å²) in [5, 5.41) is 8.15. The number of benzene rings is 1. The highest BCUT2D eigenvalue weighted by Gasteiger charge is 2.43. The Morgan fingerprint density at radius 3 is 2.41 bits per heavy atom. The first kappa shape index (κ1) is 32.0. The van der Waals surface area contributed by atoms with Crippen LogP contribution in [0.2, 0.25) is 0 Å². The molecule has 1 heterocycles. The van der Waals surface area contributed by atoms with Gasteiger partial charge < -0.3 is 0 Å². The number of fused-ring (bicyclic) bond motifs is 2. The largest absolute Gasteiger partial charge is 0.295 e. The van der Waals surface area contributed by atoms with Crippen LogP contribution in [0.4, 0.5) is 0 Å². The normalized spacial score (nSPS) is 34.2. The summed E-state index contributed by atoms with van der Waals surface area (Å²) >= 11 is 0. The number of hydrogen-bond donors (Lipinski definition) is 2. The van der Waals surface area contributed by atoms with Gasteiger partial charge in [0.25, 0.3) is 0 Å². The van der Waals surface area contributed by atoms with Crippen molar-refractivity contribution >= 4 is 0 Å². The maximum Gasteiger partial charge on any atom is 0.0645 e. The molecule has 9 rings (SSSR count). The Morgan fingerprint density at radius 1 is 0.694 bits per heavy atom. The lowest BCUT2D eigenvalue weighted by atomic mass is 9.67. The van der Waals surface area contributed by atoms with Crippen LogP contribution >= 0.6 is 0 Å². The molecular weight excluding hydrogens is 593 g/mol. The minimum Gasteiger partial charge on any atom is -0.295 e. The van der Waals surface area contributed by atoms with Crippen molar-refractivity contribution in [1.29, 1.82) is 0 Å². The maximum atomic E-state index is 4.12. The lowest BCUT2D eigenvalue weighted by Crippen LogP contribution is -2.58. The van der Waals surface area contributed by atoms with Gasteiger partial charge in [0.1, 0.15) is 0 Å². The standard InChI is InChI=1S/C47H58N2/c1-47(2)42-19-10-9-17-39(42)40-27-26-37(29-43(40)47)36-25-22-31-16-11-18-38(41(31)28-36)32-20-23-34(24-21-32)45-30-44(33-12-5-3-6-13-33)48-46(49-45)35-14-7-4-8-15-35/h3,5-7,9,12-14,17,20,23,28,31,35,37,44-46,48-49H,4,8,10-11,15-16,18-19,21-22,24-27,29-30H2,1-2H3. The quantitative estimate of drug-likeness (QED) is 0.310. The molecule has 1 aliphatic heterocycles. The van der Waals surface area contributed by atoms with E-state index in [0.717, 1.165) is 18.3 Å². The van der Waals surface area contributed by atoms with Crippen molar-refractivity contribution in [1.82, 2.24) is 10.6 Å². The summed E-state index contributed by atoms with van der Waals surface area (Å²) in [6, 6.07) is 12.0. The Balaban J connectivity index is 0.966. The first-order valence-electron chi connectivity index (χ1n) is 20.2. The third-order valence-corrected chi connectivity index (χ3v) is 14.1. The summed E-state index contributed by atoms with van der Waals surface area (Å²) in [5.41, 5.74) is 17.1. The van der Waals surface area contributed by atoms with E-state index >= 15 is 0 Å². The molecule has 2 nitrogen and oxygen atoms in total. The molecule has 0 bridgehead atoms. The second-order valence-electron chi connectivity index (χ2n) is 17.2. The summed E-state index contributed by atoms with van der Waals surface area (Å²) < 4.78 is 0. The smallest absolute Gasteiger partial charge is 0.0645 e. The summed E-state index contributed by atoms with van der Waals surface area (Å²) in [4.78, 5) is 0. The van der Waals surface area contributed by atoms with Gasteiger partial charge in [-0.2, -0.15) is 0 Å². The molecule has 256 valence electrons. The van der Waals surface area contributed by atoms with E-state index in [1.807, 2.05) is 0 Å². The zero-order chi connectivity index (χ0) is 33.0. The lowest BCUT2D eigenvalue weighted by molar-refractivity contribution is 0.208. The predicted octanol–water partition coefficient (Wildman–Crippen LogP) is 11.6. The van der Waals surface area contributed by atoms with E-state index in [-0.39, 0.29) is 5.41 Å². The molecule has 49 heavy (non-hydrogen) atoms. The minimum atomic E-state index is 0.259. The molecule has 1 aromatic rings. The van der Waals surface area contributed by atoms with Gasteiger partial charge in [-0.25, -0.2) is 0 Å². The fourth-order valence-electron chi connectivity index (χ4n) is 11.4. The van der Waals surface area contributed by atoms with Crippen molar-refractivity contribution in [3.63, 3.8) is 0 Å². The fraction of sp³-hybridized carbons (Fsp3) is 0.532. The van der Waals surface area contributed by atoms with E-state index in [1.54, 1.807) is 50.2 Å². The first-order valence-corrected chi connectivity index (χ1v) is 20.2. The zero-order valence-electron chi connectivity index (χ0n) is 30.2. The predicted molar refractivity (Wildman–Crippen MR) is 205 cm³/mol. The fourth-order valence-corrected chi connectivity index (χ4v) is 11.4. The first-order chi connectivity index (χ1) is 24.0. The molecule has 1 aromatic carbocycles. The van der Waals surface area contributed by atoms with Crippen molar-refractivity contribution in [2.75, 3.05) is 0 Å². The summed E-state index contributed by atoms with van der Waals surface area (Å²) in [6.45, 7) is 5.07. The van der Waals surface area contributed by atoms with Crippen LogP contribution in [-0.4, -0.2) is 12.2 Å². The molecule has 6 atom stereocenters. The second kappa shape index (κ2) is 13.3. The molecule has 0 amide bonds.